The molecule has 1 amide bonds. The summed E-state index contributed by atoms with van der Waals surface area (Å²) in [7, 11) is 1.63. The van der Waals surface area contributed by atoms with E-state index < -0.39 is 0 Å². The van der Waals surface area contributed by atoms with Crippen LogP contribution in [0.15, 0.2) is 18.2 Å². The summed E-state index contributed by atoms with van der Waals surface area (Å²) in [4.78, 5) is 14.5. The number of hydrogen-bond donors (Lipinski definition) is 1. The second kappa shape index (κ2) is 8.12. The molecule has 4 nitrogen and oxygen atoms in total. The molecular formula is C15H23ClN2O2. The Labute approximate surface area is 125 Å². The van der Waals surface area contributed by atoms with Gasteiger partial charge in [-0.2, -0.15) is 0 Å². The van der Waals surface area contributed by atoms with Crippen molar-refractivity contribution >= 4 is 23.2 Å². The van der Waals surface area contributed by atoms with Gasteiger partial charge >= 0.3 is 0 Å². The maximum atomic E-state index is 12.7. The van der Waals surface area contributed by atoms with Crippen LogP contribution in [0.1, 0.15) is 37.0 Å². The maximum absolute atomic E-state index is 12.7. The minimum absolute atomic E-state index is 0.0510. The van der Waals surface area contributed by atoms with Crippen molar-refractivity contribution in [1.29, 1.82) is 0 Å². The Balaban J connectivity index is 3.02. The molecule has 20 heavy (non-hydrogen) atoms. The molecule has 0 aliphatic rings. The normalized spacial score (nSPS) is 10.8. The lowest BCUT2D eigenvalue weighted by Gasteiger charge is -2.30. The molecule has 0 spiro atoms. The number of anilines is 1. The van der Waals surface area contributed by atoms with Crippen LogP contribution in [-0.2, 0) is 4.74 Å². The second-order valence-electron chi connectivity index (χ2n) is 4.73. The van der Waals surface area contributed by atoms with Gasteiger partial charge in [0.2, 0.25) is 0 Å². The van der Waals surface area contributed by atoms with Crippen molar-refractivity contribution in [3.63, 3.8) is 0 Å². The van der Waals surface area contributed by atoms with Gasteiger partial charge in [-0.15, -0.1) is 0 Å². The lowest BCUT2D eigenvalue weighted by molar-refractivity contribution is 0.0589. The van der Waals surface area contributed by atoms with E-state index in [0.717, 1.165) is 12.8 Å². The van der Waals surface area contributed by atoms with Crippen LogP contribution >= 0.6 is 11.6 Å². The van der Waals surface area contributed by atoms with Crippen LogP contribution in [-0.4, -0.2) is 37.1 Å². The first kappa shape index (κ1) is 16.8. The van der Waals surface area contributed by atoms with E-state index in [9.17, 15) is 4.79 Å². The Bertz CT molecular complexity index is 427. The van der Waals surface area contributed by atoms with Crippen LogP contribution in [0.3, 0.4) is 0 Å². The first-order chi connectivity index (χ1) is 9.53. The van der Waals surface area contributed by atoms with Crippen LogP contribution in [0.2, 0.25) is 5.02 Å². The molecule has 0 unspecified atom stereocenters. The number of nitrogen functional groups attached to an aromatic ring is 1. The summed E-state index contributed by atoms with van der Waals surface area (Å²) >= 11 is 5.98. The molecule has 1 aromatic carbocycles. The fourth-order valence-corrected chi connectivity index (χ4v) is 2.51. The molecule has 0 atom stereocenters. The van der Waals surface area contributed by atoms with Gasteiger partial charge in [0.25, 0.3) is 5.91 Å². The van der Waals surface area contributed by atoms with E-state index in [1.807, 2.05) is 4.90 Å². The summed E-state index contributed by atoms with van der Waals surface area (Å²) in [6, 6.07) is 5.14. The maximum Gasteiger partial charge on any atom is 0.254 e. The molecule has 0 fully saturated rings. The van der Waals surface area contributed by atoms with Crippen LogP contribution in [0.25, 0.3) is 0 Å². The van der Waals surface area contributed by atoms with E-state index in [2.05, 4.69) is 13.8 Å². The molecule has 0 heterocycles. The monoisotopic (exact) mass is 298 g/mol. The Kier molecular flexibility index (Phi) is 6.82. The molecule has 0 aliphatic heterocycles. The highest BCUT2D eigenvalue weighted by atomic mass is 35.5. The van der Waals surface area contributed by atoms with Crippen molar-refractivity contribution in [1.82, 2.24) is 4.90 Å². The van der Waals surface area contributed by atoms with Gasteiger partial charge in [0.1, 0.15) is 0 Å². The number of methoxy groups -OCH3 is 1. The third kappa shape index (κ3) is 4.39. The van der Waals surface area contributed by atoms with Crippen molar-refractivity contribution in [2.45, 2.75) is 32.7 Å². The van der Waals surface area contributed by atoms with Crippen molar-refractivity contribution in [2.24, 2.45) is 0 Å². The summed E-state index contributed by atoms with van der Waals surface area (Å²) < 4.78 is 5.10. The summed E-state index contributed by atoms with van der Waals surface area (Å²) in [6.45, 7) is 5.23. The summed E-state index contributed by atoms with van der Waals surface area (Å²) in [5.41, 5.74) is 6.78. The smallest absolute Gasteiger partial charge is 0.254 e. The summed E-state index contributed by atoms with van der Waals surface area (Å²) in [6.07, 6.45) is 1.81. The molecule has 0 bridgehead atoms. The van der Waals surface area contributed by atoms with Crippen molar-refractivity contribution in [2.75, 3.05) is 26.0 Å². The number of carbonyl (C=O) groups is 1. The molecule has 0 radical (unpaired) electrons. The number of hydrogen-bond acceptors (Lipinski definition) is 3. The quantitative estimate of drug-likeness (QED) is 0.787. The Morgan fingerprint density at radius 1 is 1.35 bits per heavy atom. The van der Waals surface area contributed by atoms with Gasteiger partial charge in [-0.1, -0.05) is 25.4 Å². The minimum Gasteiger partial charge on any atom is -0.399 e. The molecular weight excluding hydrogens is 276 g/mol. The first-order valence-corrected chi connectivity index (χ1v) is 7.27. The lowest BCUT2D eigenvalue weighted by atomic mass is 10.1. The van der Waals surface area contributed by atoms with E-state index in [0.29, 0.717) is 29.4 Å². The number of amides is 1. The molecule has 1 aromatic rings. The van der Waals surface area contributed by atoms with E-state index in [1.54, 1.807) is 25.3 Å². The van der Waals surface area contributed by atoms with Gasteiger partial charge in [0, 0.05) is 36.0 Å². The Morgan fingerprint density at radius 3 is 2.50 bits per heavy atom. The van der Waals surface area contributed by atoms with Gasteiger partial charge in [-0.05, 0) is 31.0 Å². The average Bonchev–Trinajstić information content (AvgIpc) is 2.41. The Morgan fingerprint density at radius 2 is 2.00 bits per heavy atom. The van der Waals surface area contributed by atoms with Gasteiger partial charge in [-0.25, -0.2) is 0 Å². The third-order valence-corrected chi connectivity index (χ3v) is 3.57. The summed E-state index contributed by atoms with van der Waals surface area (Å²) in [5, 5.41) is 0.476. The van der Waals surface area contributed by atoms with Crippen molar-refractivity contribution < 1.29 is 9.53 Å². The third-order valence-electron chi connectivity index (χ3n) is 3.35. The second-order valence-corrected chi connectivity index (χ2v) is 5.17. The molecule has 5 heteroatoms. The van der Waals surface area contributed by atoms with E-state index in [1.165, 1.54) is 0 Å². The highest BCUT2D eigenvalue weighted by Gasteiger charge is 2.22. The fourth-order valence-electron chi connectivity index (χ4n) is 2.27. The molecule has 0 saturated carbocycles. The first-order valence-electron chi connectivity index (χ1n) is 6.89. The average molecular weight is 299 g/mol. The highest BCUT2D eigenvalue weighted by Crippen LogP contribution is 2.20. The zero-order valence-corrected chi connectivity index (χ0v) is 13.1. The number of ether oxygens (including phenoxy) is 1. The predicted molar refractivity (Wildman–Crippen MR) is 83.1 cm³/mol. The van der Waals surface area contributed by atoms with E-state index in [-0.39, 0.29) is 11.9 Å². The van der Waals surface area contributed by atoms with Crippen LogP contribution < -0.4 is 5.73 Å². The molecule has 0 aliphatic carbocycles. The van der Waals surface area contributed by atoms with Crippen LogP contribution in [0.4, 0.5) is 5.69 Å². The standard InChI is InChI=1S/C15H23ClN2O2/c1-4-14(5-2)18(6-7-20-3)15(19)11-8-12(16)10-13(17)9-11/h8-10,14H,4-7,17H2,1-3H3. The topological polar surface area (TPSA) is 55.6 Å². The zero-order chi connectivity index (χ0) is 15.1. The molecule has 0 aromatic heterocycles. The number of rotatable bonds is 7. The van der Waals surface area contributed by atoms with E-state index >= 15 is 0 Å². The number of nitrogens with zero attached hydrogens (tertiary/aromatic N) is 1. The molecule has 2 N–H and O–H groups in total. The lowest BCUT2D eigenvalue weighted by Crippen LogP contribution is -2.41. The predicted octanol–water partition coefficient (Wildman–Crippen LogP) is 3.20. The van der Waals surface area contributed by atoms with Gasteiger partial charge in [0.15, 0.2) is 0 Å². The largest absolute Gasteiger partial charge is 0.399 e. The number of carbonyl (C=O) groups excluding carboxylic acids is 1. The molecule has 1 rings (SSSR count). The highest BCUT2D eigenvalue weighted by molar-refractivity contribution is 6.31. The minimum atomic E-state index is -0.0510. The van der Waals surface area contributed by atoms with E-state index in [4.69, 9.17) is 22.1 Å². The SMILES string of the molecule is CCC(CC)N(CCOC)C(=O)c1cc(N)cc(Cl)c1. The number of halogens is 1. The fraction of sp³-hybridized carbons (Fsp3) is 0.533. The number of nitrogens with two attached hydrogens (primary N) is 1. The van der Waals surface area contributed by atoms with Crippen molar-refractivity contribution in [3.8, 4) is 0 Å². The van der Waals surface area contributed by atoms with Gasteiger partial charge < -0.3 is 15.4 Å². The van der Waals surface area contributed by atoms with Crippen LogP contribution in [0.5, 0.6) is 0 Å². The van der Waals surface area contributed by atoms with Gasteiger partial charge in [0.05, 0.1) is 6.61 Å². The molecule has 0 saturated heterocycles. The van der Waals surface area contributed by atoms with Crippen LogP contribution in [0, 0.1) is 0 Å². The zero-order valence-electron chi connectivity index (χ0n) is 12.4. The summed E-state index contributed by atoms with van der Waals surface area (Å²) in [5.74, 6) is -0.0510. The van der Waals surface area contributed by atoms with Gasteiger partial charge in [-0.3, -0.25) is 4.79 Å². The Hall–Kier alpha value is -1.26. The van der Waals surface area contributed by atoms with Crippen molar-refractivity contribution in [3.05, 3.63) is 28.8 Å². The number of benzene rings is 1. The molecule has 112 valence electrons.